The molecular weight excluding hydrogens is 416 g/mol. The summed E-state index contributed by atoms with van der Waals surface area (Å²) in [5, 5.41) is 4.94. The summed E-state index contributed by atoms with van der Waals surface area (Å²) in [5.74, 6) is -0.0146. The number of hydrogen-bond acceptors (Lipinski definition) is 5. The van der Waals surface area contributed by atoms with Crippen molar-refractivity contribution in [1.29, 1.82) is 0 Å². The van der Waals surface area contributed by atoms with Gasteiger partial charge in [-0.2, -0.15) is 4.31 Å². The van der Waals surface area contributed by atoms with Crippen molar-refractivity contribution >= 4 is 26.8 Å². The Morgan fingerprint density at radius 3 is 2.81 bits per heavy atom. The van der Waals surface area contributed by atoms with Crippen LogP contribution in [0.15, 0.2) is 33.7 Å². The lowest BCUT2D eigenvalue weighted by atomic mass is 9.96. The largest absolute Gasteiger partial charge is 0.360 e. The zero-order valence-corrected chi connectivity index (χ0v) is 18.5. The van der Waals surface area contributed by atoms with Crippen LogP contribution in [0, 0.1) is 19.8 Å². The van der Waals surface area contributed by atoms with Crippen LogP contribution in [-0.4, -0.2) is 53.3 Å². The van der Waals surface area contributed by atoms with Crippen molar-refractivity contribution in [2.24, 2.45) is 5.92 Å². The number of H-pyrrole nitrogens is 1. The van der Waals surface area contributed by atoms with Crippen LogP contribution in [-0.2, 0) is 27.8 Å². The highest BCUT2D eigenvalue weighted by Crippen LogP contribution is 2.31. The van der Waals surface area contributed by atoms with E-state index >= 15 is 0 Å². The Bertz CT molecular complexity index is 1240. The molecule has 8 nitrogen and oxygen atoms in total. The van der Waals surface area contributed by atoms with Crippen LogP contribution < -0.4 is 0 Å². The topological polar surface area (TPSA) is 99.5 Å². The highest BCUT2D eigenvalue weighted by molar-refractivity contribution is 7.89. The minimum atomic E-state index is -3.74. The van der Waals surface area contributed by atoms with Crippen LogP contribution in [0.25, 0.3) is 10.9 Å². The van der Waals surface area contributed by atoms with Gasteiger partial charge in [-0.1, -0.05) is 23.4 Å². The van der Waals surface area contributed by atoms with E-state index in [0.29, 0.717) is 38.2 Å². The van der Waals surface area contributed by atoms with Crippen molar-refractivity contribution in [3.05, 3.63) is 47.0 Å². The predicted molar refractivity (Wildman–Crippen MR) is 115 cm³/mol. The van der Waals surface area contributed by atoms with Crippen molar-refractivity contribution < 1.29 is 17.7 Å². The maximum Gasteiger partial charge on any atom is 0.248 e. The highest BCUT2D eigenvalue weighted by atomic mass is 32.2. The molecule has 1 fully saturated rings. The van der Waals surface area contributed by atoms with Gasteiger partial charge in [-0.05, 0) is 32.8 Å². The quantitative estimate of drug-likeness (QED) is 0.672. The van der Waals surface area contributed by atoms with Gasteiger partial charge in [0.2, 0.25) is 15.9 Å². The number of fused-ring (bicyclic) bond motifs is 3. The number of amides is 1. The third-order valence-corrected chi connectivity index (χ3v) is 8.60. The minimum Gasteiger partial charge on any atom is -0.360 e. The average molecular weight is 443 g/mol. The Balaban J connectivity index is 1.36. The van der Waals surface area contributed by atoms with Gasteiger partial charge in [-0.15, -0.1) is 0 Å². The molecule has 1 N–H and O–H groups in total. The lowest BCUT2D eigenvalue weighted by Gasteiger charge is -2.35. The fraction of sp³-hybridized carbons (Fsp3) is 0.455. The molecule has 0 bridgehead atoms. The zero-order valence-electron chi connectivity index (χ0n) is 17.7. The van der Waals surface area contributed by atoms with Crippen molar-refractivity contribution in [3.63, 3.8) is 0 Å². The molecule has 2 aromatic heterocycles. The van der Waals surface area contributed by atoms with Gasteiger partial charge in [-0.3, -0.25) is 4.79 Å². The van der Waals surface area contributed by atoms with E-state index in [1.807, 2.05) is 17.0 Å². The van der Waals surface area contributed by atoms with E-state index in [0.717, 1.165) is 17.3 Å². The number of carbonyl (C=O) groups is 1. The van der Waals surface area contributed by atoms with Crippen molar-refractivity contribution in [3.8, 4) is 0 Å². The first-order valence-electron chi connectivity index (χ1n) is 10.7. The van der Waals surface area contributed by atoms with Crippen molar-refractivity contribution in [1.82, 2.24) is 19.3 Å². The third kappa shape index (κ3) is 3.36. The standard InChI is InChI=1S/C22H26N4O4S/c1-14-21(15(2)30-24-14)31(28,29)26-10-5-6-16(12-26)22(27)25-11-9-20-18(13-25)17-7-3-4-8-19(17)23-20/h3-4,7-8,16,23H,5-6,9-13H2,1-2H3. The van der Waals surface area contributed by atoms with Gasteiger partial charge in [0, 0.05) is 54.8 Å². The second-order valence-corrected chi connectivity index (χ2v) is 10.4. The van der Waals surface area contributed by atoms with Crippen LogP contribution >= 0.6 is 0 Å². The fourth-order valence-corrected chi connectivity index (χ4v) is 6.76. The molecule has 1 atom stereocenters. The van der Waals surface area contributed by atoms with Gasteiger partial charge in [-0.25, -0.2) is 8.42 Å². The van der Waals surface area contributed by atoms with E-state index in [4.69, 9.17) is 4.52 Å². The average Bonchev–Trinajstić information content (AvgIpc) is 3.32. The molecular formula is C22H26N4O4S. The molecule has 0 spiro atoms. The number of rotatable bonds is 3. The molecule has 4 heterocycles. The molecule has 164 valence electrons. The monoisotopic (exact) mass is 442 g/mol. The molecule has 2 aliphatic heterocycles. The lowest BCUT2D eigenvalue weighted by Crippen LogP contribution is -2.47. The van der Waals surface area contributed by atoms with E-state index in [1.165, 1.54) is 15.6 Å². The van der Waals surface area contributed by atoms with Crippen LogP contribution in [0.5, 0.6) is 0 Å². The normalized spacial score (nSPS) is 20.2. The Kier molecular flexibility index (Phi) is 4.90. The van der Waals surface area contributed by atoms with E-state index in [9.17, 15) is 13.2 Å². The molecule has 3 aromatic rings. The summed E-state index contributed by atoms with van der Waals surface area (Å²) < 4.78 is 32.9. The molecule has 1 amide bonds. The highest BCUT2D eigenvalue weighted by Gasteiger charge is 2.38. The van der Waals surface area contributed by atoms with E-state index < -0.39 is 10.0 Å². The summed E-state index contributed by atoms with van der Waals surface area (Å²) in [5.41, 5.74) is 3.81. The molecule has 31 heavy (non-hydrogen) atoms. The first-order valence-corrected chi connectivity index (χ1v) is 12.1. The number of carbonyl (C=O) groups excluding carboxylic acids is 1. The Morgan fingerprint density at radius 2 is 2.03 bits per heavy atom. The van der Waals surface area contributed by atoms with E-state index in [-0.39, 0.29) is 29.0 Å². The maximum atomic E-state index is 13.4. The number of nitrogens with one attached hydrogen (secondary N) is 1. The summed E-state index contributed by atoms with van der Waals surface area (Å²) in [6.07, 6.45) is 2.14. The van der Waals surface area contributed by atoms with Gasteiger partial charge in [0.05, 0.1) is 5.92 Å². The summed E-state index contributed by atoms with van der Waals surface area (Å²) in [6, 6.07) is 8.15. The zero-order chi connectivity index (χ0) is 21.8. The van der Waals surface area contributed by atoms with Gasteiger partial charge < -0.3 is 14.4 Å². The second kappa shape index (κ2) is 7.49. The molecule has 2 aliphatic rings. The second-order valence-electron chi connectivity index (χ2n) is 8.49. The molecule has 9 heteroatoms. The number of aromatic amines is 1. The van der Waals surface area contributed by atoms with E-state index in [1.54, 1.807) is 13.8 Å². The number of piperidine rings is 1. The first-order chi connectivity index (χ1) is 14.9. The molecule has 1 unspecified atom stereocenters. The van der Waals surface area contributed by atoms with Crippen LogP contribution in [0.2, 0.25) is 0 Å². The molecule has 0 saturated carbocycles. The Morgan fingerprint density at radius 1 is 1.23 bits per heavy atom. The van der Waals surface area contributed by atoms with Gasteiger partial charge >= 0.3 is 0 Å². The predicted octanol–water partition coefficient (Wildman–Crippen LogP) is 2.76. The van der Waals surface area contributed by atoms with Crippen LogP contribution in [0.4, 0.5) is 0 Å². The lowest BCUT2D eigenvalue weighted by molar-refractivity contribution is -0.137. The number of aryl methyl sites for hydroxylation is 2. The number of aromatic nitrogens is 2. The first kappa shape index (κ1) is 20.3. The van der Waals surface area contributed by atoms with Crippen LogP contribution in [0.1, 0.15) is 35.6 Å². The molecule has 0 aliphatic carbocycles. The number of hydrogen-bond donors (Lipinski definition) is 1. The number of nitrogens with zero attached hydrogens (tertiary/aromatic N) is 3. The molecule has 1 saturated heterocycles. The summed E-state index contributed by atoms with van der Waals surface area (Å²) >= 11 is 0. The van der Waals surface area contributed by atoms with Gasteiger partial charge in [0.15, 0.2) is 5.76 Å². The Hall–Kier alpha value is -2.65. The SMILES string of the molecule is Cc1noc(C)c1S(=O)(=O)N1CCCC(C(=O)N2CCc3[nH]c4ccccc4c3C2)C1. The summed E-state index contributed by atoms with van der Waals surface area (Å²) in [4.78, 5) is 18.9. The number of benzene rings is 1. The summed E-state index contributed by atoms with van der Waals surface area (Å²) in [7, 11) is -3.74. The minimum absolute atomic E-state index is 0.0367. The number of para-hydroxylation sites is 1. The Labute approximate surface area is 181 Å². The van der Waals surface area contributed by atoms with Crippen molar-refractivity contribution in [2.75, 3.05) is 19.6 Å². The molecule has 0 radical (unpaired) electrons. The van der Waals surface area contributed by atoms with Crippen molar-refractivity contribution in [2.45, 2.75) is 44.6 Å². The third-order valence-electron chi connectivity index (χ3n) is 6.49. The molecule has 5 rings (SSSR count). The summed E-state index contributed by atoms with van der Waals surface area (Å²) in [6.45, 7) is 5.04. The molecule has 1 aromatic carbocycles. The smallest absolute Gasteiger partial charge is 0.248 e. The fourth-order valence-electron chi connectivity index (χ4n) is 4.95. The van der Waals surface area contributed by atoms with Crippen LogP contribution in [0.3, 0.4) is 0 Å². The van der Waals surface area contributed by atoms with Gasteiger partial charge in [0.1, 0.15) is 10.6 Å². The van der Waals surface area contributed by atoms with E-state index in [2.05, 4.69) is 22.3 Å². The maximum absolute atomic E-state index is 13.4. The van der Waals surface area contributed by atoms with Gasteiger partial charge in [0.25, 0.3) is 0 Å². The number of sulfonamides is 1.